The van der Waals surface area contributed by atoms with E-state index in [9.17, 15) is 4.79 Å². The molecule has 0 saturated heterocycles. The van der Waals surface area contributed by atoms with Crippen molar-refractivity contribution >= 4 is 112 Å². The number of hydrogen-bond donors (Lipinski definition) is 0. The third-order valence-electron chi connectivity index (χ3n) is 12.8. The van der Waals surface area contributed by atoms with Crippen molar-refractivity contribution in [3.8, 4) is 0 Å². The van der Waals surface area contributed by atoms with Gasteiger partial charge in [0.15, 0.2) is 5.78 Å². The van der Waals surface area contributed by atoms with Crippen molar-refractivity contribution in [2.45, 2.75) is 160 Å². The molecule has 0 N–H and O–H groups in total. The van der Waals surface area contributed by atoms with Crippen LogP contribution in [-0.2, 0) is 23.1 Å². The zero-order valence-electron chi connectivity index (χ0n) is 54.2. The maximum atomic E-state index is 10.0. The molecule has 0 saturated carbocycles. The summed E-state index contributed by atoms with van der Waals surface area (Å²) in [6.07, 6.45) is 17.9. The summed E-state index contributed by atoms with van der Waals surface area (Å²) in [5.74, 6) is 0.643. The van der Waals surface area contributed by atoms with Crippen molar-refractivity contribution in [1.29, 1.82) is 0 Å². The van der Waals surface area contributed by atoms with Gasteiger partial charge in [-0.2, -0.15) is 0 Å². The summed E-state index contributed by atoms with van der Waals surface area (Å²) in [4.78, 5) is 10.0. The predicted octanol–water partition coefficient (Wildman–Crippen LogP) is 18.9. The number of benzene rings is 3. The van der Waals surface area contributed by atoms with E-state index in [1.165, 1.54) is 42.3 Å². The average molecular weight is 1430 g/mol. The van der Waals surface area contributed by atoms with Gasteiger partial charge in [0, 0.05) is 19.3 Å². The molecule has 0 fully saturated rings. The number of hydrogen-bond acceptors (Lipinski definition) is 5. The van der Waals surface area contributed by atoms with Gasteiger partial charge in [-0.15, -0.1) is 54.8 Å². The standard InChI is InChI=1S/C18H15Br2P.C15H26O2Si.C11H22OSi.C10H19BrSi.C6H18NSi2.C5H8O2.K/c19-21(20,16-10-4-1-5-11-16,17-12-6-2-7-13-17)18-14-8-3-9-15-18;1-8-12-18(13-9-2,15(4,5)6)17-14(3)10-11-16-7;1-7-9-13(12-6,10-8-2)11(3,4)5;1-6-8-12(11,9-7-2)10(3,4)5;1-8(2,3)7-9(4,5)6;1-5(6)3-4-7-2;/h1-15H;8-11H,1-3,12-13H2,4-7H3;7-8H,1-2,9-10H2,3-6H3;6-7H,1-2,8-9H2,3-5H3;1-6H3;3-4H,1-2H3;/q;;;;-1;;+1/b;11-10+;;;;4-3+;. The molecule has 0 aliphatic heterocycles. The smallest absolute Gasteiger partial charge is 0.668 e. The number of ketones is 1. The Hall–Kier alpha value is -1.10. The van der Waals surface area contributed by atoms with Crippen molar-refractivity contribution < 1.29 is 74.5 Å². The molecule has 450 valence electrons. The molecule has 0 bridgehead atoms. The number of halogens is 3. The average Bonchev–Trinajstić information content (AvgIpc) is 3.35. The van der Waals surface area contributed by atoms with Crippen LogP contribution in [0, 0.1) is 0 Å². The van der Waals surface area contributed by atoms with Crippen molar-refractivity contribution in [3.63, 3.8) is 0 Å². The van der Waals surface area contributed by atoms with E-state index in [2.05, 4.69) is 290 Å². The largest absolute Gasteiger partial charge is 1.00 e. The van der Waals surface area contributed by atoms with Crippen LogP contribution in [0.2, 0.25) is 90.7 Å². The minimum atomic E-state index is -2.75. The molecule has 3 aromatic rings. The van der Waals surface area contributed by atoms with Gasteiger partial charge < -0.3 is 23.0 Å². The molecular weight excluding hydrogens is 1320 g/mol. The molecular formula is C65H108Br3KNO5PSi5. The van der Waals surface area contributed by atoms with E-state index in [1.807, 2.05) is 43.6 Å². The van der Waals surface area contributed by atoms with Crippen molar-refractivity contribution in [1.82, 2.24) is 0 Å². The van der Waals surface area contributed by atoms with Gasteiger partial charge in [-0.05, 0) is 58.3 Å². The number of ether oxygens (including phenoxy) is 2. The van der Waals surface area contributed by atoms with E-state index in [0.717, 1.165) is 36.3 Å². The Morgan fingerprint density at radius 1 is 0.519 bits per heavy atom. The minimum absolute atomic E-state index is 0. The van der Waals surface area contributed by atoms with Crippen LogP contribution in [0.4, 0.5) is 0 Å². The van der Waals surface area contributed by atoms with Crippen LogP contribution in [0.5, 0.6) is 0 Å². The van der Waals surface area contributed by atoms with Crippen molar-refractivity contribution in [2.24, 2.45) is 0 Å². The van der Waals surface area contributed by atoms with Gasteiger partial charge in [0.05, 0.1) is 32.5 Å². The molecule has 0 amide bonds. The Bertz CT molecular complexity index is 2210. The normalized spacial score (nSPS) is 12.4. The molecule has 16 heteroatoms. The van der Waals surface area contributed by atoms with Gasteiger partial charge in [-0.3, -0.25) is 4.79 Å². The summed E-state index contributed by atoms with van der Waals surface area (Å²) in [6.45, 7) is 61.0. The van der Waals surface area contributed by atoms with Gasteiger partial charge in [-0.1, -0.05) is 161 Å². The predicted molar refractivity (Wildman–Crippen MR) is 389 cm³/mol. The Labute approximate surface area is 569 Å². The van der Waals surface area contributed by atoms with Gasteiger partial charge in [0.25, 0.3) is 8.32 Å². The monoisotopic (exact) mass is 1430 g/mol. The van der Waals surface area contributed by atoms with E-state index in [0.29, 0.717) is 10.8 Å². The first kappa shape index (κ1) is 86.3. The van der Waals surface area contributed by atoms with Crippen LogP contribution in [0.15, 0.2) is 204 Å². The Balaban J connectivity index is -0.000000455. The Morgan fingerprint density at radius 2 is 0.802 bits per heavy atom. The van der Waals surface area contributed by atoms with Crippen LogP contribution in [0.3, 0.4) is 0 Å². The molecule has 0 atom stereocenters. The van der Waals surface area contributed by atoms with E-state index >= 15 is 0 Å². The Morgan fingerprint density at radius 3 is 1.00 bits per heavy atom. The summed E-state index contributed by atoms with van der Waals surface area (Å²) in [6, 6.07) is 37.8. The molecule has 0 aliphatic rings. The molecule has 0 aliphatic carbocycles. The SMILES string of the molecule is BrP(Br)(c1ccccc1)(c1ccccc1)c1ccccc1.C=CC[Si](Br)(CC=C)C(C)(C)C.C=CC[Si](CC=C)(OC(=C)/C=C/OC)C(C)(C)C.C=CC[Si](CC=C)(OC)C(C)(C)C.CO/C=C/C(C)=O.C[Si](C)(C)[N-][Si](C)(C)C.[K+]. The number of allylic oxidation sites excluding steroid dienone is 8. The number of rotatable bonds is 24. The summed E-state index contributed by atoms with van der Waals surface area (Å²) >= 11 is 12.2. The van der Waals surface area contributed by atoms with Gasteiger partial charge in [0.2, 0.25) is 8.32 Å². The van der Waals surface area contributed by atoms with Crippen molar-refractivity contribution in [3.05, 3.63) is 209 Å². The van der Waals surface area contributed by atoms with Gasteiger partial charge in [-0.25, -0.2) is 0 Å². The van der Waals surface area contributed by atoms with E-state index in [-0.39, 0.29) is 67.2 Å². The fourth-order valence-electron chi connectivity index (χ4n) is 8.30. The maximum absolute atomic E-state index is 10.0. The molecule has 6 nitrogen and oxygen atoms in total. The maximum Gasteiger partial charge on any atom is 1.00 e. The van der Waals surface area contributed by atoms with E-state index in [4.69, 9.17) is 18.2 Å². The molecule has 0 unspecified atom stereocenters. The quantitative estimate of drug-likeness (QED) is 0.0170. The third kappa shape index (κ3) is 32.5. The molecule has 0 spiro atoms. The van der Waals surface area contributed by atoms with Crippen molar-refractivity contribution in [2.75, 3.05) is 21.3 Å². The zero-order valence-corrected chi connectivity index (χ0v) is 68.0. The molecule has 3 aromatic carbocycles. The third-order valence-corrected chi connectivity index (χ3v) is 49.9. The molecule has 0 heterocycles. The number of methoxy groups -OCH3 is 2. The van der Waals surface area contributed by atoms with Crippen LogP contribution in [0.25, 0.3) is 4.65 Å². The summed E-state index contributed by atoms with van der Waals surface area (Å²) in [7, 11) is -1.05. The zero-order chi connectivity index (χ0) is 62.8. The van der Waals surface area contributed by atoms with Crippen LogP contribution >= 0.6 is 50.3 Å². The second-order valence-corrected chi connectivity index (χ2v) is 66.8. The molecule has 0 aromatic heterocycles. The molecule has 3 rings (SSSR count). The molecule has 0 radical (unpaired) electrons. The minimum Gasteiger partial charge on any atom is -0.668 e. The second kappa shape index (κ2) is 41.1. The second-order valence-electron chi connectivity index (χ2n) is 24.5. The van der Waals surface area contributed by atoms with E-state index in [1.54, 1.807) is 19.4 Å². The topological polar surface area (TPSA) is 68.1 Å². The Kier molecular flexibility index (Phi) is 43.8. The van der Waals surface area contributed by atoms with Crippen LogP contribution in [-0.4, -0.2) is 66.9 Å². The van der Waals surface area contributed by atoms with Crippen LogP contribution < -0.4 is 67.3 Å². The summed E-state index contributed by atoms with van der Waals surface area (Å²) in [5.41, 5.74) is 0. The summed E-state index contributed by atoms with van der Waals surface area (Å²) in [5, 5.41) is 4.49. The first-order valence-electron chi connectivity index (χ1n) is 27.3. The first-order valence-corrected chi connectivity index (χ1v) is 49.7. The number of nitrogens with zero attached hydrogens (tertiary/aromatic N) is 1. The molecule has 81 heavy (non-hydrogen) atoms. The van der Waals surface area contributed by atoms with Crippen LogP contribution in [0.1, 0.15) is 69.2 Å². The van der Waals surface area contributed by atoms with E-state index < -0.39 is 43.8 Å². The number of carbonyl (C=O) groups excluding carboxylic acids is 1. The fourth-order valence-corrected chi connectivity index (χ4v) is 33.9. The first-order chi connectivity index (χ1) is 36.7. The summed E-state index contributed by atoms with van der Waals surface area (Å²) < 4.78 is 23.4. The van der Waals surface area contributed by atoms with Gasteiger partial charge in [0.1, 0.15) is 6.69 Å². The van der Waals surface area contributed by atoms with Gasteiger partial charge >= 0.3 is 193 Å². The number of carbonyl (C=O) groups is 1. The fraction of sp³-hybridized carbons (Fsp3) is 0.431.